The highest BCUT2D eigenvalue weighted by atomic mass is 19.2. The summed E-state index contributed by atoms with van der Waals surface area (Å²) in [6, 6.07) is 10.5. The van der Waals surface area contributed by atoms with Gasteiger partial charge in [-0.2, -0.15) is 0 Å². The van der Waals surface area contributed by atoms with Gasteiger partial charge in [-0.25, -0.2) is 8.78 Å². The summed E-state index contributed by atoms with van der Waals surface area (Å²) in [5.41, 5.74) is 2.44. The summed E-state index contributed by atoms with van der Waals surface area (Å²) in [4.78, 5) is 12.0. The lowest BCUT2D eigenvalue weighted by atomic mass is 10.0. The average Bonchev–Trinajstić information content (AvgIpc) is 2.56. The Morgan fingerprint density at radius 2 is 1.79 bits per heavy atom. The van der Waals surface area contributed by atoms with Gasteiger partial charge in [-0.1, -0.05) is 35.9 Å². The summed E-state index contributed by atoms with van der Waals surface area (Å²) >= 11 is 0. The lowest BCUT2D eigenvalue weighted by Crippen LogP contribution is -2.37. The molecule has 128 valence electrons. The quantitative estimate of drug-likeness (QED) is 0.851. The van der Waals surface area contributed by atoms with Gasteiger partial charge in [-0.05, 0) is 43.5 Å². The zero-order valence-corrected chi connectivity index (χ0v) is 13.7. The Balaban J connectivity index is 1.88. The summed E-state index contributed by atoms with van der Waals surface area (Å²) in [5.74, 6) is -2.20. The third kappa shape index (κ3) is 4.86. The van der Waals surface area contributed by atoms with Crippen LogP contribution in [0, 0.1) is 18.6 Å². The maximum atomic E-state index is 13.2. The van der Waals surface area contributed by atoms with E-state index in [4.69, 9.17) is 0 Å². The highest BCUT2D eigenvalue weighted by molar-refractivity contribution is 5.76. The second kappa shape index (κ2) is 8.02. The first-order chi connectivity index (χ1) is 11.4. The van der Waals surface area contributed by atoms with Gasteiger partial charge in [0.2, 0.25) is 5.91 Å². The molecule has 1 amide bonds. The minimum atomic E-state index is -1.11. The summed E-state index contributed by atoms with van der Waals surface area (Å²) in [7, 11) is 0. The number of carbonyl (C=O) groups excluding carboxylic acids is 1. The van der Waals surface area contributed by atoms with Crippen LogP contribution in [-0.4, -0.2) is 17.1 Å². The third-order valence-corrected chi connectivity index (χ3v) is 3.91. The molecule has 0 saturated carbocycles. The first-order valence-electron chi connectivity index (χ1n) is 7.84. The van der Waals surface area contributed by atoms with Crippen LogP contribution in [0.25, 0.3) is 0 Å². The molecule has 2 unspecified atom stereocenters. The number of halogens is 2. The zero-order chi connectivity index (χ0) is 17.7. The van der Waals surface area contributed by atoms with E-state index in [-0.39, 0.29) is 17.9 Å². The van der Waals surface area contributed by atoms with E-state index in [2.05, 4.69) is 5.32 Å². The van der Waals surface area contributed by atoms with Crippen molar-refractivity contribution in [2.75, 3.05) is 0 Å². The van der Waals surface area contributed by atoms with E-state index >= 15 is 0 Å². The standard InChI is InChI=1S/C19H21F2NO2/c1-12-3-5-14(6-4-12)7-10-18(23)22-13(2)19(24)15-8-9-16(20)17(21)11-15/h3-6,8-9,11,13,19,24H,7,10H2,1-2H3,(H,22,23). The van der Waals surface area contributed by atoms with Crippen molar-refractivity contribution in [1.29, 1.82) is 0 Å². The molecule has 0 bridgehead atoms. The topological polar surface area (TPSA) is 49.3 Å². The second-order valence-corrected chi connectivity index (χ2v) is 5.96. The normalized spacial score (nSPS) is 13.4. The molecule has 0 aromatic heterocycles. The number of benzene rings is 2. The van der Waals surface area contributed by atoms with E-state index in [0.29, 0.717) is 6.42 Å². The summed E-state index contributed by atoms with van der Waals surface area (Å²) in [6.07, 6.45) is -0.221. The second-order valence-electron chi connectivity index (χ2n) is 5.96. The Kier molecular flexibility index (Phi) is 6.04. The number of aliphatic hydroxyl groups is 1. The maximum absolute atomic E-state index is 13.2. The van der Waals surface area contributed by atoms with E-state index in [0.717, 1.165) is 23.3 Å². The van der Waals surface area contributed by atoms with Crippen molar-refractivity contribution in [2.45, 2.75) is 38.8 Å². The fourth-order valence-electron chi connectivity index (χ4n) is 2.40. The molecule has 2 aromatic rings. The van der Waals surface area contributed by atoms with Crippen molar-refractivity contribution < 1.29 is 18.7 Å². The van der Waals surface area contributed by atoms with Gasteiger partial charge in [0.1, 0.15) is 0 Å². The molecule has 2 N–H and O–H groups in total. The minimum Gasteiger partial charge on any atom is -0.386 e. The molecule has 0 radical (unpaired) electrons. The summed E-state index contributed by atoms with van der Waals surface area (Å²) in [6.45, 7) is 3.62. The van der Waals surface area contributed by atoms with Crippen LogP contribution in [0.2, 0.25) is 0 Å². The number of nitrogens with one attached hydrogen (secondary N) is 1. The fraction of sp³-hybridized carbons (Fsp3) is 0.316. The van der Waals surface area contributed by atoms with Crippen LogP contribution >= 0.6 is 0 Å². The van der Waals surface area contributed by atoms with E-state index in [1.807, 2.05) is 31.2 Å². The lowest BCUT2D eigenvalue weighted by Gasteiger charge is -2.21. The maximum Gasteiger partial charge on any atom is 0.220 e. The number of aryl methyl sites for hydroxylation is 2. The molecule has 0 heterocycles. The number of hydrogen-bond donors (Lipinski definition) is 2. The third-order valence-electron chi connectivity index (χ3n) is 3.91. The Morgan fingerprint density at radius 3 is 2.42 bits per heavy atom. The van der Waals surface area contributed by atoms with Crippen molar-refractivity contribution in [1.82, 2.24) is 5.32 Å². The van der Waals surface area contributed by atoms with Crippen molar-refractivity contribution in [3.05, 3.63) is 70.8 Å². The van der Waals surface area contributed by atoms with Crippen LogP contribution in [0.5, 0.6) is 0 Å². The molecule has 2 aromatic carbocycles. The molecule has 0 spiro atoms. The Morgan fingerprint density at radius 1 is 1.12 bits per heavy atom. The van der Waals surface area contributed by atoms with Gasteiger partial charge >= 0.3 is 0 Å². The number of aliphatic hydroxyl groups excluding tert-OH is 1. The monoisotopic (exact) mass is 333 g/mol. The van der Waals surface area contributed by atoms with Gasteiger partial charge in [-0.3, -0.25) is 4.79 Å². The number of rotatable bonds is 6. The van der Waals surface area contributed by atoms with Gasteiger partial charge < -0.3 is 10.4 Å². The molecule has 24 heavy (non-hydrogen) atoms. The van der Waals surface area contributed by atoms with E-state index in [9.17, 15) is 18.7 Å². The van der Waals surface area contributed by atoms with Crippen LogP contribution in [0.3, 0.4) is 0 Å². The van der Waals surface area contributed by atoms with Crippen molar-refractivity contribution >= 4 is 5.91 Å². The zero-order valence-electron chi connectivity index (χ0n) is 13.7. The molecule has 2 atom stereocenters. The molecule has 0 aliphatic carbocycles. The van der Waals surface area contributed by atoms with Crippen LogP contribution in [0.4, 0.5) is 8.78 Å². The highest BCUT2D eigenvalue weighted by Crippen LogP contribution is 2.19. The predicted octanol–water partition coefficient (Wildman–Crippen LogP) is 3.44. The molecule has 0 fully saturated rings. The van der Waals surface area contributed by atoms with Gasteiger partial charge in [0.15, 0.2) is 11.6 Å². The smallest absolute Gasteiger partial charge is 0.220 e. The first-order valence-corrected chi connectivity index (χ1v) is 7.84. The lowest BCUT2D eigenvalue weighted by molar-refractivity contribution is -0.122. The summed E-state index contributed by atoms with van der Waals surface area (Å²) < 4.78 is 26.2. The van der Waals surface area contributed by atoms with Gasteiger partial charge in [-0.15, -0.1) is 0 Å². The average molecular weight is 333 g/mol. The van der Waals surface area contributed by atoms with Crippen LogP contribution in [-0.2, 0) is 11.2 Å². The van der Waals surface area contributed by atoms with Crippen LogP contribution < -0.4 is 5.32 Å². The van der Waals surface area contributed by atoms with Crippen molar-refractivity contribution in [2.24, 2.45) is 0 Å². The van der Waals surface area contributed by atoms with Crippen molar-refractivity contribution in [3.8, 4) is 0 Å². The van der Waals surface area contributed by atoms with Gasteiger partial charge in [0, 0.05) is 6.42 Å². The number of amides is 1. The largest absolute Gasteiger partial charge is 0.386 e. The van der Waals surface area contributed by atoms with Gasteiger partial charge in [0.25, 0.3) is 0 Å². The van der Waals surface area contributed by atoms with E-state index in [1.54, 1.807) is 6.92 Å². The Labute approximate surface area is 140 Å². The molecule has 0 aliphatic rings. The van der Waals surface area contributed by atoms with E-state index in [1.165, 1.54) is 6.07 Å². The molecule has 2 rings (SSSR count). The predicted molar refractivity (Wildman–Crippen MR) is 88.4 cm³/mol. The first kappa shape index (κ1) is 18.1. The van der Waals surface area contributed by atoms with Crippen molar-refractivity contribution in [3.63, 3.8) is 0 Å². The number of carbonyl (C=O) groups is 1. The number of hydrogen-bond acceptors (Lipinski definition) is 2. The fourth-order valence-corrected chi connectivity index (χ4v) is 2.40. The Bertz CT molecular complexity index is 701. The molecule has 0 aliphatic heterocycles. The van der Waals surface area contributed by atoms with Gasteiger partial charge in [0.05, 0.1) is 12.1 Å². The van der Waals surface area contributed by atoms with Crippen LogP contribution in [0.15, 0.2) is 42.5 Å². The molecule has 3 nitrogen and oxygen atoms in total. The molecular weight excluding hydrogens is 312 g/mol. The molecule has 5 heteroatoms. The van der Waals surface area contributed by atoms with Crippen LogP contribution in [0.1, 0.15) is 36.1 Å². The Hall–Kier alpha value is -2.27. The molecule has 0 saturated heterocycles. The highest BCUT2D eigenvalue weighted by Gasteiger charge is 2.19. The molecular formula is C19H21F2NO2. The minimum absolute atomic E-state index is 0.204. The van der Waals surface area contributed by atoms with E-state index < -0.39 is 23.8 Å². The summed E-state index contributed by atoms with van der Waals surface area (Å²) in [5, 5.41) is 12.9. The SMILES string of the molecule is Cc1ccc(CCC(=O)NC(C)C(O)c2ccc(F)c(F)c2)cc1.